The lowest BCUT2D eigenvalue weighted by atomic mass is 9.94. The van der Waals surface area contributed by atoms with Crippen molar-refractivity contribution in [2.24, 2.45) is 0 Å². The number of hydrogen-bond donors (Lipinski definition) is 2. The monoisotopic (exact) mass is 225 g/mol. The smallest absolute Gasteiger partial charge is 0.0815 e. The Morgan fingerprint density at radius 1 is 1.44 bits per heavy atom. The van der Waals surface area contributed by atoms with E-state index in [1.165, 1.54) is 0 Å². The molecule has 0 bridgehead atoms. The van der Waals surface area contributed by atoms with E-state index in [0.29, 0.717) is 19.8 Å². The van der Waals surface area contributed by atoms with Gasteiger partial charge in [-0.3, -0.25) is 4.68 Å². The van der Waals surface area contributed by atoms with Crippen LogP contribution < -0.4 is 5.32 Å². The van der Waals surface area contributed by atoms with E-state index in [9.17, 15) is 5.11 Å². The maximum atomic E-state index is 10.2. The minimum atomic E-state index is -0.581. The number of hydrogen-bond acceptors (Lipinski definition) is 4. The summed E-state index contributed by atoms with van der Waals surface area (Å²) in [5, 5.41) is 17.5. The molecule has 2 heterocycles. The van der Waals surface area contributed by atoms with Crippen molar-refractivity contribution in [1.82, 2.24) is 15.1 Å². The van der Waals surface area contributed by atoms with Crippen LogP contribution in [0.2, 0.25) is 0 Å². The van der Waals surface area contributed by atoms with E-state index in [2.05, 4.69) is 10.4 Å². The molecular weight excluding hydrogens is 206 g/mol. The van der Waals surface area contributed by atoms with Crippen molar-refractivity contribution >= 4 is 0 Å². The molecule has 1 saturated heterocycles. The Balaban J connectivity index is 1.63. The van der Waals surface area contributed by atoms with Gasteiger partial charge in [0, 0.05) is 51.5 Å². The van der Waals surface area contributed by atoms with Crippen LogP contribution in [-0.2, 0) is 11.3 Å². The third-order valence-corrected chi connectivity index (χ3v) is 2.95. The summed E-state index contributed by atoms with van der Waals surface area (Å²) in [7, 11) is 0. The molecule has 16 heavy (non-hydrogen) atoms. The average molecular weight is 225 g/mol. The zero-order valence-corrected chi connectivity index (χ0v) is 9.43. The molecule has 0 spiro atoms. The maximum absolute atomic E-state index is 10.2. The fourth-order valence-corrected chi connectivity index (χ4v) is 1.88. The van der Waals surface area contributed by atoms with Crippen molar-refractivity contribution in [3.05, 3.63) is 18.5 Å². The molecular formula is C11H19N3O2. The van der Waals surface area contributed by atoms with Gasteiger partial charge in [-0.05, 0) is 6.07 Å². The molecule has 0 aliphatic carbocycles. The molecule has 1 aliphatic rings. The van der Waals surface area contributed by atoms with Gasteiger partial charge in [-0.25, -0.2) is 0 Å². The first-order valence-corrected chi connectivity index (χ1v) is 5.77. The predicted octanol–water partition coefficient (Wildman–Crippen LogP) is 0.0142. The molecule has 0 aromatic carbocycles. The lowest BCUT2D eigenvalue weighted by Gasteiger charge is -2.32. The number of aromatic nitrogens is 2. The minimum Gasteiger partial charge on any atom is -0.388 e. The van der Waals surface area contributed by atoms with Gasteiger partial charge in [0.25, 0.3) is 0 Å². The molecule has 0 saturated carbocycles. The van der Waals surface area contributed by atoms with Crippen LogP contribution in [0.5, 0.6) is 0 Å². The zero-order chi connectivity index (χ0) is 11.3. The third kappa shape index (κ3) is 3.30. The largest absolute Gasteiger partial charge is 0.388 e. The highest BCUT2D eigenvalue weighted by atomic mass is 16.5. The van der Waals surface area contributed by atoms with E-state index in [1.807, 2.05) is 16.9 Å². The first kappa shape index (κ1) is 11.6. The van der Waals surface area contributed by atoms with Crippen molar-refractivity contribution in [2.45, 2.75) is 25.0 Å². The van der Waals surface area contributed by atoms with Crippen molar-refractivity contribution in [3.63, 3.8) is 0 Å². The highest BCUT2D eigenvalue weighted by Gasteiger charge is 2.28. The van der Waals surface area contributed by atoms with E-state index in [1.54, 1.807) is 6.20 Å². The van der Waals surface area contributed by atoms with Crippen LogP contribution in [0.4, 0.5) is 0 Å². The molecule has 1 aromatic heterocycles. The van der Waals surface area contributed by atoms with E-state index in [-0.39, 0.29) is 0 Å². The lowest BCUT2D eigenvalue weighted by Crippen LogP contribution is -2.45. The maximum Gasteiger partial charge on any atom is 0.0815 e. The number of rotatable bonds is 5. The summed E-state index contributed by atoms with van der Waals surface area (Å²) < 4.78 is 7.10. The third-order valence-electron chi connectivity index (χ3n) is 2.95. The Morgan fingerprint density at radius 3 is 2.94 bits per heavy atom. The summed E-state index contributed by atoms with van der Waals surface area (Å²) in [6.07, 6.45) is 5.15. The molecule has 2 N–H and O–H groups in total. The number of ether oxygens (including phenoxy) is 1. The molecule has 5 heteroatoms. The van der Waals surface area contributed by atoms with Gasteiger partial charge < -0.3 is 15.2 Å². The molecule has 5 nitrogen and oxygen atoms in total. The lowest BCUT2D eigenvalue weighted by molar-refractivity contribution is -0.0615. The predicted molar refractivity (Wildman–Crippen MR) is 60.1 cm³/mol. The van der Waals surface area contributed by atoms with Crippen molar-refractivity contribution in [1.29, 1.82) is 0 Å². The van der Waals surface area contributed by atoms with E-state index in [0.717, 1.165) is 25.9 Å². The molecule has 2 rings (SSSR count). The van der Waals surface area contributed by atoms with Gasteiger partial charge in [0.2, 0.25) is 0 Å². The average Bonchev–Trinajstić information content (AvgIpc) is 2.78. The van der Waals surface area contributed by atoms with Gasteiger partial charge >= 0.3 is 0 Å². The normalized spacial score (nSPS) is 19.8. The standard InChI is InChI=1S/C11H19N3O2/c15-11(2-8-16-9-3-11)10-12-5-7-14-6-1-4-13-14/h1,4,6,12,15H,2-3,5,7-10H2. The van der Waals surface area contributed by atoms with Gasteiger partial charge in [-0.2, -0.15) is 5.10 Å². The summed E-state index contributed by atoms with van der Waals surface area (Å²) in [6.45, 7) is 3.62. The van der Waals surface area contributed by atoms with Gasteiger partial charge in [-0.1, -0.05) is 0 Å². The van der Waals surface area contributed by atoms with Crippen LogP contribution in [0.25, 0.3) is 0 Å². The Hall–Kier alpha value is -0.910. The summed E-state index contributed by atoms with van der Waals surface area (Å²) in [6, 6.07) is 1.91. The van der Waals surface area contributed by atoms with E-state index in [4.69, 9.17) is 4.74 Å². The quantitative estimate of drug-likeness (QED) is 0.693. The van der Waals surface area contributed by atoms with Crippen LogP contribution in [0, 0.1) is 0 Å². The van der Waals surface area contributed by atoms with E-state index < -0.39 is 5.60 Å². The molecule has 0 amide bonds. The molecule has 90 valence electrons. The summed E-state index contributed by atoms with van der Waals surface area (Å²) in [4.78, 5) is 0. The van der Waals surface area contributed by atoms with Crippen LogP contribution in [0.1, 0.15) is 12.8 Å². The molecule has 1 aromatic rings. The Labute approximate surface area is 95.4 Å². The Kier molecular flexibility index (Phi) is 3.93. The number of nitrogens with zero attached hydrogens (tertiary/aromatic N) is 2. The SMILES string of the molecule is OC1(CNCCn2cccn2)CCOCC1. The van der Waals surface area contributed by atoms with Crippen LogP contribution >= 0.6 is 0 Å². The number of aliphatic hydroxyl groups is 1. The van der Waals surface area contributed by atoms with E-state index >= 15 is 0 Å². The van der Waals surface area contributed by atoms with Gasteiger partial charge in [0.05, 0.1) is 12.1 Å². The summed E-state index contributed by atoms with van der Waals surface area (Å²) >= 11 is 0. The summed E-state index contributed by atoms with van der Waals surface area (Å²) in [5.74, 6) is 0. The minimum absolute atomic E-state index is 0.581. The highest BCUT2D eigenvalue weighted by molar-refractivity contribution is 4.83. The molecule has 1 fully saturated rings. The van der Waals surface area contributed by atoms with Crippen molar-refractivity contribution in [2.75, 3.05) is 26.3 Å². The number of nitrogens with one attached hydrogen (secondary N) is 1. The van der Waals surface area contributed by atoms with Crippen molar-refractivity contribution < 1.29 is 9.84 Å². The van der Waals surface area contributed by atoms with Gasteiger partial charge in [0.1, 0.15) is 0 Å². The second kappa shape index (κ2) is 5.43. The summed E-state index contributed by atoms with van der Waals surface area (Å²) in [5.41, 5.74) is -0.581. The highest BCUT2D eigenvalue weighted by Crippen LogP contribution is 2.18. The van der Waals surface area contributed by atoms with Crippen LogP contribution in [-0.4, -0.2) is 46.8 Å². The van der Waals surface area contributed by atoms with Crippen LogP contribution in [0.15, 0.2) is 18.5 Å². The first-order valence-electron chi connectivity index (χ1n) is 5.77. The van der Waals surface area contributed by atoms with Gasteiger partial charge in [-0.15, -0.1) is 0 Å². The second-order valence-electron chi connectivity index (χ2n) is 4.28. The fraction of sp³-hybridized carbons (Fsp3) is 0.727. The molecule has 0 atom stereocenters. The Bertz CT molecular complexity index is 294. The zero-order valence-electron chi connectivity index (χ0n) is 9.43. The first-order chi connectivity index (χ1) is 7.79. The van der Waals surface area contributed by atoms with Gasteiger partial charge in [0.15, 0.2) is 0 Å². The topological polar surface area (TPSA) is 59.3 Å². The molecule has 1 aliphatic heterocycles. The molecule has 0 radical (unpaired) electrons. The van der Waals surface area contributed by atoms with Crippen LogP contribution in [0.3, 0.4) is 0 Å². The fourth-order valence-electron chi connectivity index (χ4n) is 1.88. The second-order valence-corrected chi connectivity index (χ2v) is 4.28. The Morgan fingerprint density at radius 2 is 2.25 bits per heavy atom. The molecule has 0 unspecified atom stereocenters. The van der Waals surface area contributed by atoms with Crippen molar-refractivity contribution in [3.8, 4) is 0 Å².